The van der Waals surface area contributed by atoms with Crippen LogP contribution >= 0.6 is 11.8 Å². The van der Waals surface area contributed by atoms with Gasteiger partial charge in [-0.25, -0.2) is 0 Å². The number of hydrogen-bond acceptors (Lipinski definition) is 7. The Kier molecular flexibility index (Phi) is 9.18. The minimum Gasteiger partial charge on any atom is -0.394 e. The van der Waals surface area contributed by atoms with E-state index >= 15 is 0 Å². The molecule has 1 aromatic carbocycles. The van der Waals surface area contributed by atoms with E-state index in [2.05, 4.69) is 25.0 Å². The van der Waals surface area contributed by atoms with Gasteiger partial charge in [0.25, 0.3) is 0 Å². The van der Waals surface area contributed by atoms with E-state index in [1.807, 2.05) is 30.3 Å². The molecule has 228 valence electrons. The van der Waals surface area contributed by atoms with Crippen molar-refractivity contribution >= 4 is 35.2 Å². The summed E-state index contributed by atoms with van der Waals surface area (Å²) < 4.78 is 4.24. The van der Waals surface area contributed by atoms with Gasteiger partial charge in [0.05, 0.1) is 42.4 Å². The number of aliphatic hydroxyl groups is 1. The van der Waals surface area contributed by atoms with E-state index in [0.717, 1.165) is 25.2 Å². The van der Waals surface area contributed by atoms with E-state index in [1.54, 1.807) is 45.5 Å². The Morgan fingerprint density at radius 2 is 1.83 bits per heavy atom. The Morgan fingerprint density at radius 3 is 2.48 bits per heavy atom. The van der Waals surface area contributed by atoms with Crippen LogP contribution in [0.25, 0.3) is 0 Å². The fourth-order valence-electron chi connectivity index (χ4n) is 7.52. The Bertz CT molecular complexity index is 1190. The number of benzene rings is 1. The number of anilines is 1. The highest BCUT2D eigenvalue weighted by Gasteiger charge is 2.77. The molecule has 42 heavy (non-hydrogen) atoms. The first-order valence-corrected chi connectivity index (χ1v) is 15.8. The molecule has 6 atom stereocenters. The minimum atomic E-state index is -0.768. The van der Waals surface area contributed by atoms with Crippen molar-refractivity contribution in [2.45, 2.75) is 48.3 Å². The molecule has 9 nitrogen and oxygen atoms in total. The van der Waals surface area contributed by atoms with Crippen molar-refractivity contribution < 1.29 is 24.2 Å². The second kappa shape index (κ2) is 12.5. The van der Waals surface area contributed by atoms with Gasteiger partial charge in [-0.15, -0.1) is 24.9 Å². The van der Waals surface area contributed by atoms with E-state index in [-0.39, 0.29) is 24.3 Å². The van der Waals surface area contributed by atoms with Crippen molar-refractivity contribution in [2.24, 2.45) is 11.8 Å². The predicted octanol–water partition coefficient (Wildman–Crippen LogP) is 2.41. The topological polar surface area (TPSA) is 93.6 Å². The number of thioether (sulfide) groups is 1. The molecule has 3 amide bonds. The van der Waals surface area contributed by atoms with Crippen molar-refractivity contribution in [3.63, 3.8) is 0 Å². The van der Waals surface area contributed by atoms with Crippen LogP contribution in [-0.2, 0) is 19.1 Å². The molecule has 10 heteroatoms. The Morgan fingerprint density at radius 1 is 1.14 bits per heavy atom. The molecule has 4 aliphatic heterocycles. The Labute approximate surface area is 253 Å². The molecule has 1 N–H and O–H groups in total. The van der Waals surface area contributed by atoms with E-state index in [1.165, 1.54) is 0 Å². The first-order valence-electron chi connectivity index (χ1n) is 15.0. The fourth-order valence-corrected chi connectivity index (χ4v) is 9.85. The molecule has 4 heterocycles. The number of carbonyl (C=O) groups is 3. The summed E-state index contributed by atoms with van der Waals surface area (Å²) in [6.07, 6.45) is 4.82. The van der Waals surface area contributed by atoms with Gasteiger partial charge in [-0.1, -0.05) is 30.4 Å². The van der Waals surface area contributed by atoms with Gasteiger partial charge in [-0.05, 0) is 38.8 Å². The number of ether oxygens (including phenoxy) is 1. The summed E-state index contributed by atoms with van der Waals surface area (Å²) in [5, 5.41) is 10.2. The molecule has 4 saturated heterocycles. The van der Waals surface area contributed by atoms with Crippen LogP contribution < -0.4 is 4.90 Å². The SMILES string of the molecule is C=CCN(CCN1CCOCC1)C(=O)C1N([C@H](C)CO)C(=O)[C@@H]2[C@H](C(=O)N(CC=C)c3ccccc3)[C@]3(C)CCC12S3. The number of amides is 3. The zero-order valence-electron chi connectivity index (χ0n) is 24.8. The number of morpholine rings is 1. The number of aliphatic hydroxyl groups excluding tert-OH is 1. The van der Waals surface area contributed by atoms with Gasteiger partial charge in [0.1, 0.15) is 6.04 Å². The Hall–Kier alpha value is -2.66. The highest BCUT2D eigenvalue weighted by Crippen LogP contribution is 2.72. The third-order valence-corrected chi connectivity index (χ3v) is 11.5. The lowest BCUT2D eigenvalue weighted by Gasteiger charge is -2.39. The zero-order chi connectivity index (χ0) is 30.1. The number of carbonyl (C=O) groups excluding carboxylic acids is 3. The molecule has 4 fully saturated rings. The number of nitrogens with zero attached hydrogens (tertiary/aromatic N) is 4. The van der Waals surface area contributed by atoms with Crippen molar-refractivity contribution in [2.75, 3.05) is 64.0 Å². The second-order valence-electron chi connectivity index (χ2n) is 12.1. The summed E-state index contributed by atoms with van der Waals surface area (Å²) >= 11 is 1.65. The molecule has 5 rings (SSSR count). The van der Waals surface area contributed by atoms with Crippen LogP contribution in [0.2, 0.25) is 0 Å². The van der Waals surface area contributed by atoms with Gasteiger partial charge in [0.15, 0.2) is 0 Å². The van der Waals surface area contributed by atoms with Gasteiger partial charge in [-0.2, -0.15) is 0 Å². The van der Waals surface area contributed by atoms with Gasteiger partial charge >= 0.3 is 0 Å². The molecule has 0 saturated carbocycles. The van der Waals surface area contributed by atoms with Gasteiger partial charge < -0.3 is 24.5 Å². The molecule has 4 aliphatic rings. The maximum absolute atomic E-state index is 14.6. The summed E-state index contributed by atoms with van der Waals surface area (Å²) in [4.78, 5) is 50.9. The molecule has 0 aliphatic carbocycles. The number of rotatable bonds is 12. The van der Waals surface area contributed by atoms with E-state index in [9.17, 15) is 19.5 Å². The summed E-state index contributed by atoms with van der Waals surface area (Å²) in [5.41, 5.74) is 0.756. The quantitative estimate of drug-likeness (QED) is 0.371. The standard InChI is InChI=1S/C32H44N4O5S/c1-5-14-34(17-16-33-18-20-41-21-19-33)30(40)27-32-13-12-31(4,42-32)25(26(32)29(39)36(27)23(3)22-37)28(38)35(15-6-2)24-10-8-7-9-11-24/h5-11,23,25-27,37H,1-2,12-22H2,3-4H3/t23-,25-,26+,27?,31+,32?/m1/s1. The van der Waals surface area contributed by atoms with Gasteiger partial charge in [0, 0.05) is 49.7 Å². The summed E-state index contributed by atoms with van der Waals surface area (Å²) in [6.45, 7) is 16.3. The molecule has 0 aromatic heterocycles. The highest BCUT2D eigenvalue weighted by atomic mass is 32.2. The van der Waals surface area contributed by atoms with Gasteiger partial charge in [-0.3, -0.25) is 19.3 Å². The number of fused-ring (bicyclic) bond motifs is 1. The molecule has 1 aromatic rings. The van der Waals surface area contributed by atoms with Crippen LogP contribution in [-0.4, -0.2) is 118 Å². The third-order valence-electron chi connectivity index (χ3n) is 9.55. The lowest BCUT2D eigenvalue weighted by molar-refractivity contribution is -0.145. The monoisotopic (exact) mass is 596 g/mol. The average molecular weight is 597 g/mol. The smallest absolute Gasteiger partial charge is 0.247 e. The van der Waals surface area contributed by atoms with Crippen molar-refractivity contribution in [3.05, 3.63) is 55.6 Å². The summed E-state index contributed by atoms with van der Waals surface area (Å²) in [7, 11) is 0. The van der Waals surface area contributed by atoms with Crippen LogP contribution in [0.5, 0.6) is 0 Å². The van der Waals surface area contributed by atoms with Crippen molar-refractivity contribution in [1.29, 1.82) is 0 Å². The molecular weight excluding hydrogens is 552 g/mol. The lowest BCUT2D eigenvalue weighted by Crippen LogP contribution is -2.58. The Balaban J connectivity index is 1.50. The van der Waals surface area contributed by atoms with Crippen molar-refractivity contribution in [3.8, 4) is 0 Å². The second-order valence-corrected chi connectivity index (χ2v) is 14.0. The van der Waals surface area contributed by atoms with Crippen LogP contribution in [0.1, 0.15) is 26.7 Å². The maximum atomic E-state index is 14.6. The number of para-hydroxylation sites is 1. The van der Waals surface area contributed by atoms with Crippen LogP contribution in [0.15, 0.2) is 55.6 Å². The molecular formula is C32H44N4O5S. The van der Waals surface area contributed by atoms with Crippen molar-refractivity contribution in [1.82, 2.24) is 14.7 Å². The van der Waals surface area contributed by atoms with Gasteiger partial charge in [0.2, 0.25) is 17.7 Å². The van der Waals surface area contributed by atoms with Crippen LogP contribution in [0.3, 0.4) is 0 Å². The van der Waals surface area contributed by atoms with Crippen LogP contribution in [0, 0.1) is 11.8 Å². The van der Waals surface area contributed by atoms with Crippen LogP contribution in [0.4, 0.5) is 5.69 Å². The molecule has 0 radical (unpaired) electrons. The average Bonchev–Trinajstić information content (AvgIpc) is 3.58. The largest absolute Gasteiger partial charge is 0.394 e. The predicted molar refractivity (Wildman–Crippen MR) is 165 cm³/mol. The molecule has 1 spiro atoms. The summed E-state index contributed by atoms with van der Waals surface area (Å²) in [6, 6.07) is 8.15. The lowest BCUT2D eigenvalue weighted by atomic mass is 9.66. The first-order chi connectivity index (χ1) is 20.2. The molecule has 2 bridgehead atoms. The maximum Gasteiger partial charge on any atom is 0.247 e. The van der Waals surface area contributed by atoms with E-state index in [0.29, 0.717) is 45.8 Å². The first kappa shape index (κ1) is 30.8. The number of likely N-dealkylation sites (tertiary alicyclic amines) is 1. The summed E-state index contributed by atoms with van der Waals surface area (Å²) in [5.74, 6) is -1.71. The van der Waals surface area contributed by atoms with E-state index in [4.69, 9.17) is 4.74 Å². The normalized spacial score (nSPS) is 31.1. The minimum absolute atomic E-state index is 0.115. The fraction of sp³-hybridized carbons (Fsp3) is 0.594. The molecule has 2 unspecified atom stereocenters. The third kappa shape index (κ3) is 5.20. The highest BCUT2D eigenvalue weighted by molar-refractivity contribution is 8.02. The zero-order valence-corrected chi connectivity index (χ0v) is 25.6. The number of hydrogen-bond donors (Lipinski definition) is 1. The van der Waals surface area contributed by atoms with E-state index < -0.39 is 33.4 Å².